The summed E-state index contributed by atoms with van der Waals surface area (Å²) in [5, 5.41) is 15.5. The second kappa shape index (κ2) is 11.1. The molecule has 0 unspecified atom stereocenters. The molecule has 4 aromatic carbocycles. The fraction of sp³-hybridized carbons (Fsp3) is 0.0714. The van der Waals surface area contributed by atoms with Crippen LogP contribution in [0.5, 0.6) is 11.5 Å². The van der Waals surface area contributed by atoms with Crippen molar-refractivity contribution < 1.29 is 27.2 Å². The van der Waals surface area contributed by atoms with Crippen molar-refractivity contribution in [2.45, 2.75) is 10.5 Å². The first-order valence-electron chi connectivity index (χ1n) is 11.2. The zero-order valence-electron chi connectivity index (χ0n) is 19.8. The summed E-state index contributed by atoms with van der Waals surface area (Å²) in [6, 6.07) is 29.3. The quantitative estimate of drug-likeness (QED) is 0.198. The van der Waals surface area contributed by atoms with Crippen molar-refractivity contribution in [1.82, 2.24) is 5.43 Å². The van der Waals surface area contributed by atoms with Gasteiger partial charge in [-0.3, -0.25) is 4.79 Å². The molecule has 37 heavy (non-hydrogen) atoms. The number of rotatable bonds is 9. The Hall–Kier alpha value is -4.47. The predicted molar refractivity (Wildman–Crippen MR) is 139 cm³/mol. The highest BCUT2D eigenvalue weighted by molar-refractivity contribution is 7.87. The van der Waals surface area contributed by atoms with Crippen LogP contribution in [0.1, 0.15) is 16.7 Å². The Labute approximate surface area is 214 Å². The van der Waals surface area contributed by atoms with E-state index < -0.39 is 21.6 Å². The molecule has 0 saturated heterocycles. The van der Waals surface area contributed by atoms with E-state index in [1.54, 1.807) is 84.9 Å². The summed E-state index contributed by atoms with van der Waals surface area (Å²) >= 11 is 0. The first kappa shape index (κ1) is 25.6. The lowest BCUT2D eigenvalue weighted by atomic mass is 9.85. The van der Waals surface area contributed by atoms with E-state index in [4.69, 9.17) is 8.92 Å². The minimum atomic E-state index is -4.10. The summed E-state index contributed by atoms with van der Waals surface area (Å²) in [5.41, 5.74) is 1.56. The number of hydrogen-bond acceptors (Lipinski definition) is 7. The van der Waals surface area contributed by atoms with Gasteiger partial charge in [0.25, 0.3) is 5.91 Å². The van der Waals surface area contributed by atoms with Gasteiger partial charge in [0.15, 0.2) is 17.1 Å². The van der Waals surface area contributed by atoms with Gasteiger partial charge in [0.05, 0.1) is 13.3 Å². The Morgan fingerprint density at radius 3 is 1.92 bits per heavy atom. The lowest BCUT2D eigenvalue weighted by Crippen LogP contribution is -2.43. The van der Waals surface area contributed by atoms with Gasteiger partial charge >= 0.3 is 10.1 Å². The van der Waals surface area contributed by atoms with Crippen LogP contribution in [0.25, 0.3) is 0 Å². The molecule has 0 aliphatic carbocycles. The monoisotopic (exact) mass is 516 g/mol. The molecule has 0 radical (unpaired) electrons. The number of nitrogens with one attached hydrogen (secondary N) is 1. The number of benzene rings is 4. The smallest absolute Gasteiger partial charge is 0.339 e. The second-order valence-electron chi connectivity index (χ2n) is 7.90. The first-order chi connectivity index (χ1) is 17.8. The minimum absolute atomic E-state index is 0.00973. The molecule has 0 atom stereocenters. The highest BCUT2D eigenvalue weighted by atomic mass is 32.2. The molecule has 0 aliphatic heterocycles. The number of aliphatic hydroxyl groups is 1. The van der Waals surface area contributed by atoms with Crippen molar-refractivity contribution in [3.05, 3.63) is 126 Å². The Balaban J connectivity index is 1.57. The third-order valence-electron chi connectivity index (χ3n) is 5.51. The normalized spacial score (nSPS) is 11.7. The van der Waals surface area contributed by atoms with Crippen molar-refractivity contribution in [2.75, 3.05) is 7.11 Å². The molecule has 4 rings (SSSR count). The summed E-state index contributed by atoms with van der Waals surface area (Å²) in [7, 11) is -2.72. The molecule has 8 nitrogen and oxygen atoms in total. The average Bonchev–Trinajstić information content (AvgIpc) is 2.94. The molecule has 0 spiro atoms. The van der Waals surface area contributed by atoms with Crippen LogP contribution in [-0.4, -0.2) is 32.8 Å². The van der Waals surface area contributed by atoms with E-state index in [0.29, 0.717) is 16.7 Å². The number of nitrogens with zero attached hydrogens (tertiary/aromatic N) is 1. The van der Waals surface area contributed by atoms with E-state index >= 15 is 0 Å². The van der Waals surface area contributed by atoms with Gasteiger partial charge in [-0.1, -0.05) is 78.9 Å². The third-order valence-corrected chi connectivity index (χ3v) is 6.76. The summed E-state index contributed by atoms with van der Waals surface area (Å²) in [4.78, 5) is 13.2. The molecule has 0 heterocycles. The van der Waals surface area contributed by atoms with E-state index in [0.717, 1.165) is 0 Å². The molecule has 188 valence electrons. The van der Waals surface area contributed by atoms with E-state index in [1.165, 1.54) is 37.6 Å². The molecule has 4 aromatic rings. The Kier molecular flexibility index (Phi) is 7.66. The van der Waals surface area contributed by atoms with Crippen LogP contribution in [0, 0.1) is 0 Å². The largest absolute Gasteiger partial charge is 0.493 e. The zero-order valence-corrected chi connectivity index (χ0v) is 20.6. The topological polar surface area (TPSA) is 114 Å². The first-order valence-corrected chi connectivity index (χ1v) is 12.6. The molecule has 9 heteroatoms. The van der Waals surface area contributed by atoms with Crippen molar-refractivity contribution in [3.63, 3.8) is 0 Å². The highest BCUT2D eigenvalue weighted by Gasteiger charge is 2.39. The standard InChI is InChI=1S/C28H24N2O6S/c1-35-25-18-17-21(19-26(25)36-37(33,34)24-15-9-4-10-16-24)20-29-30-27(31)28(32,22-11-5-2-6-12-22)23-13-7-3-8-14-23/h2-20,32H,1H3,(H,30,31)/b29-20-. The lowest BCUT2D eigenvalue weighted by Gasteiger charge is -2.27. The van der Waals surface area contributed by atoms with Crippen LogP contribution < -0.4 is 14.3 Å². The Bertz CT molecular complexity index is 1450. The number of carbonyl (C=O) groups excluding carboxylic acids is 1. The summed E-state index contributed by atoms with van der Waals surface area (Å²) in [5.74, 6) is -0.618. The Morgan fingerprint density at radius 2 is 1.38 bits per heavy atom. The maximum absolute atomic E-state index is 13.2. The number of methoxy groups -OCH3 is 1. The van der Waals surface area contributed by atoms with Crippen LogP contribution in [0.15, 0.2) is 119 Å². The van der Waals surface area contributed by atoms with Gasteiger partial charge in [-0.25, -0.2) is 5.43 Å². The summed E-state index contributed by atoms with van der Waals surface area (Å²) in [6.07, 6.45) is 1.30. The number of hydrogen-bond donors (Lipinski definition) is 2. The van der Waals surface area contributed by atoms with Gasteiger partial charge in [-0.15, -0.1) is 0 Å². The number of ether oxygens (including phenoxy) is 1. The SMILES string of the molecule is COc1ccc(/C=N\NC(=O)C(O)(c2ccccc2)c2ccccc2)cc1OS(=O)(=O)c1ccccc1. The molecule has 0 aromatic heterocycles. The van der Waals surface area contributed by atoms with E-state index in [-0.39, 0.29) is 16.4 Å². The van der Waals surface area contributed by atoms with Crippen LogP contribution >= 0.6 is 0 Å². The van der Waals surface area contributed by atoms with Gasteiger partial charge < -0.3 is 14.0 Å². The van der Waals surface area contributed by atoms with E-state index in [1.807, 2.05) is 0 Å². The van der Waals surface area contributed by atoms with E-state index in [2.05, 4.69) is 10.5 Å². The van der Waals surface area contributed by atoms with E-state index in [9.17, 15) is 18.3 Å². The summed E-state index contributed by atoms with van der Waals surface area (Å²) in [6.45, 7) is 0. The third kappa shape index (κ3) is 5.69. The number of carbonyl (C=O) groups is 1. The molecule has 0 fully saturated rings. The van der Waals surface area contributed by atoms with Crippen molar-refractivity contribution in [1.29, 1.82) is 0 Å². The van der Waals surface area contributed by atoms with Gasteiger partial charge in [0.2, 0.25) is 0 Å². The van der Waals surface area contributed by atoms with Crippen LogP contribution in [0.4, 0.5) is 0 Å². The van der Waals surface area contributed by atoms with Gasteiger partial charge in [0, 0.05) is 0 Å². The fourth-order valence-corrected chi connectivity index (χ4v) is 4.58. The maximum atomic E-state index is 13.2. The Morgan fingerprint density at radius 1 is 0.838 bits per heavy atom. The van der Waals surface area contributed by atoms with Crippen LogP contribution in [-0.2, 0) is 20.5 Å². The number of hydrazone groups is 1. The van der Waals surface area contributed by atoms with Gasteiger partial charge in [-0.2, -0.15) is 13.5 Å². The number of amides is 1. The van der Waals surface area contributed by atoms with Crippen LogP contribution in [0.3, 0.4) is 0 Å². The van der Waals surface area contributed by atoms with Crippen molar-refractivity contribution in [3.8, 4) is 11.5 Å². The predicted octanol–water partition coefficient (Wildman–Crippen LogP) is 3.85. The average molecular weight is 517 g/mol. The van der Waals surface area contributed by atoms with Crippen LogP contribution in [0.2, 0.25) is 0 Å². The lowest BCUT2D eigenvalue weighted by molar-refractivity contribution is -0.136. The molecule has 0 saturated carbocycles. The molecule has 2 N–H and O–H groups in total. The van der Waals surface area contributed by atoms with Gasteiger partial charge in [-0.05, 0) is 47.0 Å². The molecule has 0 aliphatic rings. The highest BCUT2D eigenvalue weighted by Crippen LogP contribution is 2.31. The van der Waals surface area contributed by atoms with Crippen molar-refractivity contribution in [2.24, 2.45) is 5.10 Å². The fourth-order valence-electron chi connectivity index (χ4n) is 3.63. The van der Waals surface area contributed by atoms with Crippen molar-refractivity contribution >= 4 is 22.2 Å². The molecular formula is C28H24N2O6S. The molecule has 1 amide bonds. The minimum Gasteiger partial charge on any atom is -0.493 e. The molecular weight excluding hydrogens is 492 g/mol. The second-order valence-corrected chi connectivity index (χ2v) is 9.45. The molecule has 0 bridgehead atoms. The maximum Gasteiger partial charge on any atom is 0.339 e. The zero-order chi connectivity index (χ0) is 26.3. The van der Waals surface area contributed by atoms with Gasteiger partial charge in [0.1, 0.15) is 4.90 Å². The summed E-state index contributed by atoms with van der Waals surface area (Å²) < 4.78 is 35.9.